The van der Waals surface area contributed by atoms with Gasteiger partial charge in [0, 0.05) is 39.4 Å². The molecule has 1 aliphatic rings. The fourth-order valence-corrected chi connectivity index (χ4v) is 3.69. The largest absolute Gasteiger partial charge is 0.307 e. The predicted octanol–water partition coefficient (Wildman–Crippen LogP) is 2.51. The first-order valence-corrected chi connectivity index (χ1v) is 7.39. The summed E-state index contributed by atoms with van der Waals surface area (Å²) in [5.74, 6) is 1.45. The zero-order chi connectivity index (χ0) is 11.5. The Morgan fingerprint density at radius 2 is 2.19 bits per heavy atom. The molecule has 88 valence electrons. The molecule has 0 amide bonds. The third kappa shape index (κ3) is 2.84. The number of nitrogens with one attached hydrogen (secondary N) is 1. The van der Waals surface area contributed by atoms with Crippen LogP contribution in [0.25, 0.3) is 0 Å². The summed E-state index contributed by atoms with van der Waals surface area (Å²) in [7, 11) is -0.738. The zero-order valence-electron chi connectivity index (χ0n) is 9.28. The smallest absolute Gasteiger partial charge is 0.0454 e. The number of hydrogen-bond acceptors (Lipinski definition) is 2. The van der Waals surface area contributed by atoms with Gasteiger partial charge >= 0.3 is 0 Å². The van der Waals surface area contributed by atoms with Crippen molar-refractivity contribution in [3.8, 4) is 0 Å². The molecule has 1 aromatic rings. The lowest BCUT2D eigenvalue weighted by Crippen LogP contribution is -2.30. The monoisotopic (exact) mass is 257 g/mol. The number of rotatable bonds is 1. The van der Waals surface area contributed by atoms with Crippen molar-refractivity contribution < 1.29 is 4.21 Å². The minimum atomic E-state index is -0.738. The fraction of sp³-hybridized carbons (Fsp3) is 0.500. The van der Waals surface area contributed by atoms with E-state index in [1.807, 2.05) is 24.3 Å². The summed E-state index contributed by atoms with van der Waals surface area (Å²) in [4.78, 5) is 0. The van der Waals surface area contributed by atoms with Gasteiger partial charge in [0.1, 0.15) is 0 Å². The molecule has 2 nitrogen and oxygen atoms in total. The van der Waals surface area contributed by atoms with Crippen molar-refractivity contribution in [2.45, 2.75) is 25.4 Å². The highest BCUT2D eigenvalue weighted by Crippen LogP contribution is 2.25. The lowest BCUT2D eigenvalue weighted by atomic mass is 10.1. The number of hydrogen-bond donors (Lipinski definition) is 1. The molecule has 0 saturated carbocycles. The van der Waals surface area contributed by atoms with Gasteiger partial charge < -0.3 is 5.32 Å². The minimum absolute atomic E-state index is 0.118. The average molecular weight is 258 g/mol. The van der Waals surface area contributed by atoms with Crippen LogP contribution in [0, 0.1) is 0 Å². The highest BCUT2D eigenvalue weighted by molar-refractivity contribution is 7.85. The molecule has 1 aromatic carbocycles. The summed E-state index contributed by atoms with van der Waals surface area (Å²) in [5, 5.41) is 4.24. The lowest BCUT2D eigenvalue weighted by Gasteiger charge is -2.20. The Hall–Kier alpha value is -0.380. The van der Waals surface area contributed by atoms with E-state index in [4.69, 9.17) is 11.6 Å². The van der Waals surface area contributed by atoms with Crippen molar-refractivity contribution in [1.29, 1.82) is 0 Å². The third-order valence-electron chi connectivity index (χ3n) is 2.90. The van der Waals surface area contributed by atoms with Crippen LogP contribution in [0.5, 0.6) is 0 Å². The van der Waals surface area contributed by atoms with E-state index in [-0.39, 0.29) is 6.04 Å². The van der Waals surface area contributed by atoms with Crippen LogP contribution < -0.4 is 5.32 Å². The van der Waals surface area contributed by atoms with Crippen molar-refractivity contribution in [3.05, 3.63) is 34.9 Å². The van der Waals surface area contributed by atoms with E-state index in [2.05, 4.69) is 12.2 Å². The minimum Gasteiger partial charge on any atom is -0.307 e. The molecule has 16 heavy (non-hydrogen) atoms. The van der Waals surface area contributed by atoms with Crippen molar-refractivity contribution in [1.82, 2.24) is 5.32 Å². The van der Waals surface area contributed by atoms with Crippen molar-refractivity contribution in [2.75, 3.05) is 11.5 Å². The van der Waals surface area contributed by atoms with E-state index in [0.717, 1.165) is 22.8 Å². The predicted molar refractivity (Wildman–Crippen MR) is 69.3 cm³/mol. The zero-order valence-corrected chi connectivity index (χ0v) is 10.9. The maximum atomic E-state index is 11.8. The van der Waals surface area contributed by atoms with Crippen LogP contribution in [-0.4, -0.2) is 21.8 Å². The second-order valence-electron chi connectivity index (χ2n) is 4.24. The standard InChI is InChI=1S/C12H16ClNOS/c1-9-6-7-16(15)8-12(14-9)10-4-2-3-5-11(10)13/h2-5,9,12,14H,6-8H2,1H3. The van der Waals surface area contributed by atoms with Gasteiger partial charge in [-0.3, -0.25) is 4.21 Å². The van der Waals surface area contributed by atoms with Crippen LogP contribution >= 0.6 is 11.6 Å². The molecule has 1 fully saturated rings. The summed E-state index contributed by atoms with van der Waals surface area (Å²) < 4.78 is 11.8. The molecule has 0 bridgehead atoms. The molecule has 0 spiro atoms. The molecule has 3 unspecified atom stereocenters. The van der Waals surface area contributed by atoms with Gasteiger partial charge in [0.2, 0.25) is 0 Å². The van der Waals surface area contributed by atoms with Gasteiger partial charge in [-0.1, -0.05) is 29.8 Å². The van der Waals surface area contributed by atoms with E-state index in [9.17, 15) is 4.21 Å². The van der Waals surface area contributed by atoms with E-state index in [1.165, 1.54) is 0 Å². The number of benzene rings is 1. The topological polar surface area (TPSA) is 29.1 Å². The Kier molecular flexibility index (Phi) is 4.00. The second-order valence-corrected chi connectivity index (χ2v) is 6.27. The van der Waals surface area contributed by atoms with Crippen LogP contribution in [0.15, 0.2) is 24.3 Å². The Bertz CT molecular complexity index is 396. The molecule has 1 aliphatic heterocycles. The van der Waals surface area contributed by atoms with E-state index >= 15 is 0 Å². The van der Waals surface area contributed by atoms with Gasteiger partial charge in [-0.15, -0.1) is 0 Å². The molecule has 2 rings (SSSR count). The normalized spacial score (nSPS) is 31.0. The first-order chi connectivity index (χ1) is 7.66. The molecule has 0 aliphatic carbocycles. The molecule has 1 N–H and O–H groups in total. The van der Waals surface area contributed by atoms with Crippen molar-refractivity contribution >= 4 is 22.4 Å². The lowest BCUT2D eigenvalue weighted by molar-refractivity contribution is 0.485. The highest BCUT2D eigenvalue weighted by Gasteiger charge is 2.22. The Morgan fingerprint density at radius 1 is 1.44 bits per heavy atom. The molecule has 0 radical (unpaired) electrons. The highest BCUT2D eigenvalue weighted by atomic mass is 35.5. The van der Waals surface area contributed by atoms with Crippen LogP contribution in [-0.2, 0) is 10.8 Å². The molecule has 1 saturated heterocycles. The summed E-state index contributed by atoms with van der Waals surface area (Å²) in [6, 6.07) is 8.30. The SMILES string of the molecule is CC1CCS(=O)CC(c2ccccc2Cl)N1. The summed E-state index contributed by atoms with van der Waals surface area (Å²) in [6.07, 6.45) is 0.966. The average Bonchev–Trinajstić information content (AvgIpc) is 2.41. The Labute approximate surface area is 104 Å². The van der Waals surface area contributed by atoms with E-state index in [0.29, 0.717) is 11.8 Å². The van der Waals surface area contributed by atoms with E-state index < -0.39 is 10.8 Å². The van der Waals surface area contributed by atoms with Gasteiger partial charge in [0.25, 0.3) is 0 Å². The van der Waals surface area contributed by atoms with Gasteiger partial charge in [-0.25, -0.2) is 0 Å². The third-order valence-corrected chi connectivity index (χ3v) is 4.64. The van der Waals surface area contributed by atoms with Crippen molar-refractivity contribution in [3.63, 3.8) is 0 Å². The summed E-state index contributed by atoms with van der Waals surface area (Å²) in [6.45, 7) is 2.13. The first kappa shape index (κ1) is 12.1. The quantitative estimate of drug-likeness (QED) is 0.838. The molecular weight excluding hydrogens is 242 g/mol. The Morgan fingerprint density at radius 3 is 2.94 bits per heavy atom. The second kappa shape index (κ2) is 5.30. The molecular formula is C12H16ClNOS. The molecule has 0 aromatic heterocycles. The first-order valence-electron chi connectivity index (χ1n) is 5.52. The fourth-order valence-electron chi connectivity index (χ4n) is 1.99. The summed E-state index contributed by atoms with van der Waals surface area (Å²) in [5.41, 5.74) is 1.06. The molecule has 4 heteroatoms. The molecule has 1 heterocycles. The maximum Gasteiger partial charge on any atom is 0.0454 e. The van der Waals surface area contributed by atoms with Crippen molar-refractivity contribution in [2.24, 2.45) is 0 Å². The molecule has 3 atom stereocenters. The Balaban J connectivity index is 2.25. The van der Waals surface area contributed by atoms with Gasteiger partial charge in [-0.2, -0.15) is 0 Å². The van der Waals surface area contributed by atoms with Gasteiger partial charge in [0.15, 0.2) is 0 Å². The number of halogens is 1. The van der Waals surface area contributed by atoms with Gasteiger partial charge in [0.05, 0.1) is 0 Å². The van der Waals surface area contributed by atoms with Crippen LogP contribution in [0.1, 0.15) is 24.9 Å². The van der Waals surface area contributed by atoms with Crippen LogP contribution in [0.4, 0.5) is 0 Å². The van der Waals surface area contributed by atoms with E-state index in [1.54, 1.807) is 0 Å². The van der Waals surface area contributed by atoms with Crippen LogP contribution in [0.3, 0.4) is 0 Å². The maximum absolute atomic E-state index is 11.8. The summed E-state index contributed by atoms with van der Waals surface area (Å²) >= 11 is 6.17. The van der Waals surface area contributed by atoms with Crippen LogP contribution in [0.2, 0.25) is 5.02 Å². The van der Waals surface area contributed by atoms with Gasteiger partial charge in [-0.05, 0) is 25.0 Å².